The third kappa shape index (κ3) is 3.37. The summed E-state index contributed by atoms with van der Waals surface area (Å²) in [5.74, 6) is -0.339. The molecule has 0 aliphatic rings. The van der Waals surface area contributed by atoms with E-state index in [4.69, 9.17) is 5.73 Å². The van der Waals surface area contributed by atoms with Crippen molar-refractivity contribution in [1.82, 2.24) is 4.98 Å². The van der Waals surface area contributed by atoms with Gasteiger partial charge in [-0.25, -0.2) is 0 Å². The van der Waals surface area contributed by atoms with Crippen molar-refractivity contribution in [2.75, 3.05) is 5.73 Å². The van der Waals surface area contributed by atoms with Gasteiger partial charge in [-0.15, -0.1) is 13.2 Å². The second kappa shape index (κ2) is 4.79. The van der Waals surface area contributed by atoms with Crippen LogP contribution in [0.25, 0.3) is 11.1 Å². The van der Waals surface area contributed by atoms with Crippen molar-refractivity contribution in [3.05, 3.63) is 42.2 Å². The normalized spacial score (nSPS) is 11.4. The van der Waals surface area contributed by atoms with E-state index in [1.807, 2.05) is 13.0 Å². The van der Waals surface area contributed by atoms with Gasteiger partial charge >= 0.3 is 6.36 Å². The van der Waals surface area contributed by atoms with E-state index in [1.54, 1.807) is 12.4 Å². The zero-order valence-electron chi connectivity index (χ0n) is 10.0. The number of halogens is 3. The van der Waals surface area contributed by atoms with E-state index in [-0.39, 0.29) is 11.4 Å². The number of nitrogens with zero attached hydrogens (tertiary/aromatic N) is 1. The summed E-state index contributed by atoms with van der Waals surface area (Å²) in [5, 5.41) is 0. The fourth-order valence-corrected chi connectivity index (χ4v) is 1.70. The zero-order valence-corrected chi connectivity index (χ0v) is 10.0. The van der Waals surface area contributed by atoms with Gasteiger partial charge in [-0.2, -0.15) is 0 Å². The number of anilines is 1. The Kier molecular flexibility index (Phi) is 3.33. The van der Waals surface area contributed by atoms with Crippen LogP contribution in [-0.2, 0) is 0 Å². The van der Waals surface area contributed by atoms with Gasteiger partial charge in [-0.05, 0) is 30.7 Å². The molecule has 6 heteroatoms. The molecule has 2 aromatic rings. The van der Waals surface area contributed by atoms with E-state index in [0.29, 0.717) is 5.56 Å². The van der Waals surface area contributed by atoms with Crippen LogP contribution in [0.4, 0.5) is 18.9 Å². The Morgan fingerprint density at radius 1 is 1.16 bits per heavy atom. The number of hydrogen-bond acceptors (Lipinski definition) is 3. The third-order valence-electron chi connectivity index (χ3n) is 2.44. The maximum absolute atomic E-state index is 12.1. The van der Waals surface area contributed by atoms with Crippen molar-refractivity contribution in [3.63, 3.8) is 0 Å². The lowest BCUT2D eigenvalue weighted by molar-refractivity contribution is -0.274. The summed E-state index contributed by atoms with van der Waals surface area (Å²) in [7, 11) is 0. The Labute approximate surface area is 107 Å². The molecule has 2 N–H and O–H groups in total. The molecule has 0 amide bonds. The summed E-state index contributed by atoms with van der Waals surface area (Å²) in [4.78, 5) is 4.02. The molecule has 0 fully saturated rings. The van der Waals surface area contributed by atoms with Crippen LogP contribution in [0.5, 0.6) is 5.75 Å². The van der Waals surface area contributed by atoms with Gasteiger partial charge in [0.1, 0.15) is 5.75 Å². The van der Waals surface area contributed by atoms with Crippen LogP contribution in [0.15, 0.2) is 36.7 Å². The van der Waals surface area contributed by atoms with Crippen LogP contribution in [0.2, 0.25) is 0 Å². The molecule has 1 aromatic heterocycles. The molecule has 2 rings (SSSR count). The number of pyridine rings is 1. The van der Waals surface area contributed by atoms with Crippen molar-refractivity contribution in [2.45, 2.75) is 13.3 Å². The highest BCUT2D eigenvalue weighted by molar-refractivity contribution is 5.77. The van der Waals surface area contributed by atoms with Gasteiger partial charge in [-0.3, -0.25) is 4.98 Å². The fraction of sp³-hybridized carbons (Fsp3) is 0.154. The Morgan fingerprint density at radius 2 is 1.89 bits per heavy atom. The Hall–Kier alpha value is -2.24. The first-order valence-electron chi connectivity index (χ1n) is 5.42. The zero-order chi connectivity index (χ0) is 14.0. The molecular formula is C13H11F3N2O. The first-order chi connectivity index (χ1) is 8.85. The third-order valence-corrected chi connectivity index (χ3v) is 2.44. The Bertz CT molecular complexity index is 597. The summed E-state index contributed by atoms with van der Waals surface area (Å²) in [6.07, 6.45) is -1.44. The first kappa shape index (κ1) is 13.2. The van der Waals surface area contributed by atoms with Crippen molar-refractivity contribution in [1.29, 1.82) is 0 Å². The molecule has 0 radical (unpaired) electrons. The van der Waals surface area contributed by atoms with Crippen LogP contribution in [0.1, 0.15) is 5.56 Å². The Morgan fingerprint density at radius 3 is 2.47 bits per heavy atom. The van der Waals surface area contributed by atoms with Gasteiger partial charge in [0, 0.05) is 35.3 Å². The van der Waals surface area contributed by atoms with E-state index in [0.717, 1.165) is 17.2 Å². The first-order valence-corrected chi connectivity index (χ1v) is 5.42. The second-order valence-electron chi connectivity index (χ2n) is 4.05. The number of rotatable bonds is 2. The molecular weight excluding hydrogens is 257 g/mol. The molecule has 0 bridgehead atoms. The molecule has 0 saturated heterocycles. The molecule has 3 nitrogen and oxygen atoms in total. The summed E-state index contributed by atoms with van der Waals surface area (Å²) < 4.78 is 40.0. The van der Waals surface area contributed by atoms with Crippen molar-refractivity contribution >= 4 is 5.69 Å². The minimum atomic E-state index is -4.72. The average molecular weight is 268 g/mol. The van der Waals surface area contributed by atoms with E-state index in [1.165, 1.54) is 12.1 Å². The quantitative estimate of drug-likeness (QED) is 0.847. The lowest BCUT2D eigenvalue weighted by Crippen LogP contribution is -2.17. The smallest absolute Gasteiger partial charge is 0.406 e. The number of nitrogen functional groups attached to an aromatic ring is 1. The van der Waals surface area contributed by atoms with Gasteiger partial charge < -0.3 is 10.5 Å². The Balaban J connectivity index is 2.34. The van der Waals surface area contributed by atoms with Gasteiger partial charge in [0.2, 0.25) is 0 Å². The lowest BCUT2D eigenvalue weighted by Gasteiger charge is -2.11. The standard InChI is InChI=1S/C13H11F3N2O/c1-8-4-9(7-18-6-8)11-3-2-10(5-12(11)17)19-13(14,15)16/h2-7H,17H2,1H3. The summed E-state index contributed by atoms with van der Waals surface area (Å²) >= 11 is 0. The largest absolute Gasteiger partial charge is 0.573 e. The van der Waals surface area contributed by atoms with Crippen molar-refractivity contribution < 1.29 is 17.9 Å². The highest BCUT2D eigenvalue weighted by Gasteiger charge is 2.31. The highest BCUT2D eigenvalue weighted by Crippen LogP contribution is 2.31. The van der Waals surface area contributed by atoms with E-state index in [9.17, 15) is 13.2 Å². The summed E-state index contributed by atoms with van der Waals surface area (Å²) in [6, 6.07) is 5.70. The topological polar surface area (TPSA) is 48.1 Å². The molecule has 0 spiro atoms. The minimum Gasteiger partial charge on any atom is -0.406 e. The molecule has 0 saturated carbocycles. The molecule has 0 unspecified atom stereocenters. The summed E-state index contributed by atoms with van der Waals surface area (Å²) in [5.41, 5.74) is 8.25. The predicted octanol–water partition coefficient (Wildman–Crippen LogP) is 3.54. The number of ether oxygens (including phenoxy) is 1. The molecule has 1 aromatic carbocycles. The number of alkyl halides is 3. The number of hydrogen-bond donors (Lipinski definition) is 1. The second-order valence-corrected chi connectivity index (χ2v) is 4.05. The lowest BCUT2D eigenvalue weighted by atomic mass is 10.0. The van der Waals surface area contributed by atoms with Crippen LogP contribution in [-0.4, -0.2) is 11.3 Å². The van der Waals surface area contributed by atoms with Gasteiger partial charge in [0.15, 0.2) is 0 Å². The predicted molar refractivity (Wildman–Crippen MR) is 65.5 cm³/mol. The number of aryl methyl sites for hydroxylation is 1. The molecule has 100 valence electrons. The monoisotopic (exact) mass is 268 g/mol. The van der Waals surface area contributed by atoms with Crippen molar-refractivity contribution in [3.8, 4) is 16.9 Å². The summed E-state index contributed by atoms with van der Waals surface area (Å²) in [6.45, 7) is 1.87. The molecule has 1 heterocycles. The highest BCUT2D eigenvalue weighted by atomic mass is 19.4. The SMILES string of the molecule is Cc1cncc(-c2ccc(OC(F)(F)F)cc2N)c1. The minimum absolute atomic E-state index is 0.203. The molecule has 0 aliphatic carbocycles. The van der Waals surface area contributed by atoms with Crippen LogP contribution >= 0.6 is 0 Å². The number of benzene rings is 1. The van der Waals surface area contributed by atoms with Gasteiger partial charge in [0.05, 0.1) is 0 Å². The van der Waals surface area contributed by atoms with E-state index < -0.39 is 6.36 Å². The molecule has 0 atom stereocenters. The molecule has 19 heavy (non-hydrogen) atoms. The van der Waals surface area contributed by atoms with Crippen molar-refractivity contribution in [2.24, 2.45) is 0 Å². The number of aromatic nitrogens is 1. The maximum Gasteiger partial charge on any atom is 0.573 e. The van der Waals surface area contributed by atoms with Crippen LogP contribution < -0.4 is 10.5 Å². The van der Waals surface area contributed by atoms with Gasteiger partial charge in [0.25, 0.3) is 0 Å². The van der Waals surface area contributed by atoms with Crippen LogP contribution in [0, 0.1) is 6.92 Å². The fourth-order valence-electron chi connectivity index (χ4n) is 1.70. The van der Waals surface area contributed by atoms with Gasteiger partial charge in [-0.1, -0.05) is 0 Å². The molecule has 0 aliphatic heterocycles. The van der Waals surface area contributed by atoms with Crippen LogP contribution in [0.3, 0.4) is 0 Å². The van der Waals surface area contributed by atoms with E-state index in [2.05, 4.69) is 9.72 Å². The average Bonchev–Trinajstić information content (AvgIpc) is 2.26. The maximum atomic E-state index is 12.1. The van der Waals surface area contributed by atoms with E-state index >= 15 is 0 Å². The number of nitrogens with two attached hydrogens (primary N) is 1.